The van der Waals surface area contributed by atoms with Crippen LogP contribution < -0.4 is 21.4 Å². The fourth-order valence-electron chi connectivity index (χ4n) is 7.55. The Kier molecular flexibility index (Phi) is 8.39. The Morgan fingerprint density at radius 3 is 1.21 bits per heavy atom. The number of thiocarbonyl (C=S) groups is 1. The van der Waals surface area contributed by atoms with Crippen LogP contribution in [-0.2, 0) is 0 Å². The van der Waals surface area contributed by atoms with Gasteiger partial charge in [0, 0.05) is 78.6 Å². The Hall–Kier alpha value is -7.92. The van der Waals surface area contributed by atoms with Gasteiger partial charge in [-0.3, -0.25) is 0 Å². The van der Waals surface area contributed by atoms with Gasteiger partial charge in [0.15, 0.2) is 0 Å². The highest BCUT2D eigenvalue weighted by Gasteiger charge is 2.22. The van der Waals surface area contributed by atoms with Gasteiger partial charge in [-0.1, -0.05) is 18.2 Å². The second-order valence-corrected chi connectivity index (χ2v) is 13.7. The molecule has 11 nitrogen and oxygen atoms in total. The van der Waals surface area contributed by atoms with Crippen molar-refractivity contribution in [2.45, 2.75) is 0 Å². The van der Waals surface area contributed by atoms with E-state index in [0.717, 1.165) is 11.1 Å². The number of aromatic hydroxyl groups is 6. The molecule has 1 aliphatic heterocycles. The minimum absolute atomic E-state index is 0.127. The van der Waals surface area contributed by atoms with E-state index in [-0.39, 0.29) is 40.1 Å². The Morgan fingerprint density at radius 1 is 0.404 bits per heavy atom. The molecule has 4 aromatic carbocycles. The van der Waals surface area contributed by atoms with Crippen LogP contribution in [0, 0.1) is 0 Å². The average molecular weight is 770 g/mol. The van der Waals surface area contributed by atoms with Crippen molar-refractivity contribution in [3.63, 3.8) is 0 Å². The van der Waals surface area contributed by atoms with Gasteiger partial charge in [-0.05, 0) is 126 Å². The number of aliphatic imine (C=N–C) groups is 1. The zero-order chi connectivity index (χ0) is 39.4. The molecule has 9 rings (SSSR count). The van der Waals surface area contributed by atoms with Crippen molar-refractivity contribution >= 4 is 45.4 Å². The summed E-state index contributed by atoms with van der Waals surface area (Å²) in [5, 5.41) is 69.9. The highest BCUT2D eigenvalue weighted by molar-refractivity contribution is 7.78. The molecule has 57 heavy (non-hydrogen) atoms. The molecule has 0 aliphatic carbocycles. The van der Waals surface area contributed by atoms with Crippen molar-refractivity contribution in [2.75, 3.05) is 0 Å². The number of hydrogen-bond acceptors (Lipinski definition) is 8. The minimum Gasteiger partial charge on any atom is -0.508 e. The standard InChI is InChI=1S/C45H31N5O6S/c51-27-16-24(17-28(52)20-27)42-33-9-8-31(47-33)41(23-4-6-26(7-5-23)46-22-57)32-12-14-37(49-32)44(45-39(55)2-1-3-40(45)56)38-15-13-36(50-38)43(35-11-10-34(42)48-35)25-18-29(53)21-30(54)19-25/h1-21,47-56H. The third-order valence-corrected chi connectivity index (χ3v) is 9.97. The molecule has 0 unspecified atom stereocenters. The molecule has 4 aromatic heterocycles. The van der Waals surface area contributed by atoms with Gasteiger partial charge in [-0.25, -0.2) is 0 Å². The van der Waals surface area contributed by atoms with E-state index < -0.39 is 0 Å². The summed E-state index contributed by atoms with van der Waals surface area (Å²) < 4.78 is 0. The summed E-state index contributed by atoms with van der Waals surface area (Å²) in [6.07, 6.45) is 0. The minimum atomic E-state index is -0.150. The maximum absolute atomic E-state index is 11.3. The second-order valence-electron chi connectivity index (χ2n) is 13.5. The first-order valence-electron chi connectivity index (χ1n) is 17.7. The molecule has 1 aliphatic rings. The molecule has 0 saturated heterocycles. The van der Waals surface area contributed by atoms with Gasteiger partial charge < -0.3 is 50.6 Å². The van der Waals surface area contributed by atoms with Gasteiger partial charge >= 0.3 is 0 Å². The van der Waals surface area contributed by atoms with E-state index in [9.17, 15) is 30.6 Å². The average Bonchev–Trinajstić information content (AvgIpc) is 4.00. The van der Waals surface area contributed by atoms with Gasteiger partial charge in [0.2, 0.25) is 0 Å². The van der Waals surface area contributed by atoms with Gasteiger partial charge in [0.05, 0.1) is 16.4 Å². The van der Waals surface area contributed by atoms with Crippen LogP contribution in [0.3, 0.4) is 0 Å². The maximum atomic E-state index is 11.3. The molecule has 0 atom stereocenters. The number of hydrogen-bond donors (Lipinski definition) is 10. The normalized spacial score (nSPS) is 12.5. The molecule has 8 aromatic rings. The summed E-state index contributed by atoms with van der Waals surface area (Å²) in [6, 6.07) is 35.8. The Morgan fingerprint density at radius 2 is 0.789 bits per heavy atom. The number of H-pyrrole nitrogens is 4. The fraction of sp³-hybridized carbons (Fsp3) is 0. The molecule has 0 amide bonds. The lowest BCUT2D eigenvalue weighted by molar-refractivity contribution is 0.447. The second kappa shape index (κ2) is 13.7. The number of aromatic amines is 4. The lowest BCUT2D eigenvalue weighted by Crippen LogP contribution is -2.19. The van der Waals surface area contributed by atoms with E-state index in [2.05, 4.69) is 30.1 Å². The number of fused-ring (bicyclic) bond motifs is 8. The first kappa shape index (κ1) is 34.8. The highest BCUT2D eigenvalue weighted by Crippen LogP contribution is 2.37. The van der Waals surface area contributed by atoms with Gasteiger partial charge in [-0.2, -0.15) is 4.99 Å². The predicted octanol–water partition coefficient (Wildman–Crippen LogP) is 5.27. The number of aromatic nitrogens is 4. The van der Waals surface area contributed by atoms with Crippen LogP contribution >= 0.6 is 12.2 Å². The molecule has 10 N–H and O–H groups in total. The van der Waals surface area contributed by atoms with Crippen LogP contribution in [0.25, 0.3) is 22.3 Å². The molecular weight excluding hydrogens is 739 g/mol. The fourth-order valence-corrected chi connectivity index (χ4v) is 7.65. The summed E-state index contributed by atoms with van der Waals surface area (Å²) in [7, 11) is 0. The Balaban J connectivity index is 1.45. The van der Waals surface area contributed by atoms with E-state index in [1.54, 1.807) is 18.2 Å². The molecule has 8 bridgehead atoms. The predicted molar refractivity (Wildman–Crippen MR) is 219 cm³/mol. The topological polar surface area (TPSA) is 197 Å². The number of isothiocyanates is 1. The van der Waals surface area contributed by atoms with Crippen molar-refractivity contribution < 1.29 is 30.6 Å². The van der Waals surface area contributed by atoms with Crippen LogP contribution in [0.4, 0.5) is 5.69 Å². The summed E-state index contributed by atoms with van der Waals surface area (Å²) in [4.78, 5) is 18.3. The Labute approximate surface area is 328 Å². The van der Waals surface area contributed by atoms with Crippen LogP contribution in [0.15, 0.2) is 132 Å². The quantitative estimate of drug-likeness (QED) is 0.0832. The Bertz CT molecular complexity index is 3160. The van der Waals surface area contributed by atoms with Gasteiger partial charge in [0.1, 0.15) is 34.5 Å². The van der Waals surface area contributed by atoms with Crippen LogP contribution in [0.1, 0.15) is 45.0 Å². The molecule has 278 valence electrons. The smallest absolute Gasteiger partial charge is 0.127 e. The monoisotopic (exact) mass is 769 g/mol. The summed E-state index contributed by atoms with van der Waals surface area (Å²) in [5.41, 5.74) is 7.53. The third kappa shape index (κ3) is 6.32. The number of rotatable bonds is 5. The lowest BCUT2D eigenvalue weighted by atomic mass is 10.0. The number of nitrogens with zero attached hydrogens (tertiary/aromatic N) is 1. The number of nitrogens with one attached hydrogen (secondary N) is 4. The first-order valence-corrected chi connectivity index (χ1v) is 18.1. The first-order chi connectivity index (χ1) is 27.6. The van der Waals surface area contributed by atoms with Crippen LogP contribution in [0.5, 0.6) is 34.5 Å². The number of phenolic OH excluding ortho intramolecular Hbond substituents is 6. The van der Waals surface area contributed by atoms with E-state index in [1.807, 2.05) is 72.8 Å². The van der Waals surface area contributed by atoms with Crippen molar-refractivity contribution in [3.05, 3.63) is 194 Å². The zero-order valence-electron chi connectivity index (χ0n) is 29.7. The molecular formula is C45H31N5O6S. The molecule has 0 fully saturated rings. The van der Waals surface area contributed by atoms with Crippen molar-refractivity contribution in [2.24, 2.45) is 4.99 Å². The summed E-state index contributed by atoms with van der Waals surface area (Å²) in [5.74, 6) is -0.839. The molecule has 0 spiro atoms. The molecule has 0 radical (unpaired) electrons. The van der Waals surface area contributed by atoms with Crippen molar-refractivity contribution in [1.82, 2.24) is 19.9 Å². The van der Waals surface area contributed by atoms with E-state index >= 15 is 0 Å². The SMILES string of the molecule is Oc1cc(O)cc(C2=c3ccc([nH]3)=C(c3cc(O)cc(O)c3)c3ccc([nH]3)C(c3c(O)cccc3O)=c3ccc([nH]3)=C(c3ccc(N=C=S)cc3)c3ccc2[nH]3)c1. The van der Waals surface area contributed by atoms with E-state index in [1.165, 1.54) is 36.4 Å². The van der Waals surface area contributed by atoms with Crippen LogP contribution in [-0.4, -0.2) is 55.7 Å². The molecule has 0 saturated carbocycles. The van der Waals surface area contributed by atoms with Crippen molar-refractivity contribution in [3.8, 4) is 34.5 Å². The maximum Gasteiger partial charge on any atom is 0.127 e. The zero-order valence-corrected chi connectivity index (χ0v) is 30.5. The largest absolute Gasteiger partial charge is 0.508 e. The van der Waals surface area contributed by atoms with Gasteiger partial charge in [-0.15, -0.1) is 0 Å². The van der Waals surface area contributed by atoms with E-state index in [0.29, 0.717) is 77.7 Å². The number of phenols is 6. The molecule has 5 heterocycles. The summed E-state index contributed by atoms with van der Waals surface area (Å²) in [6.45, 7) is 0. The lowest BCUT2D eigenvalue weighted by Gasteiger charge is -2.12. The van der Waals surface area contributed by atoms with Gasteiger partial charge in [0.25, 0.3) is 0 Å². The number of benzene rings is 4. The van der Waals surface area contributed by atoms with Crippen molar-refractivity contribution in [1.29, 1.82) is 0 Å². The van der Waals surface area contributed by atoms with Crippen LogP contribution in [0.2, 0.25) is 0 Å². The molecule has 12 heteroatoms. The third-order valence-electron chi connectivity index (χ3n) is 9.88. The van der Waals surface area contributed by atoms with E-state index in [4.69, 9.17) is 12.2 Å². The highest BCUT2D eigenvalue weighted by atomic mass is 32.1. The summed E-state index contributed by atoms with van der Waals surface area (Å²) >= 11 is 4.83.